The monoisotopic (exact) mass is 278 g/mol. The predicted octanol–water partition coefficient (Wildman–Crippen LogP) is 3.95. The third-order valence-electron chi connectivity index (χ3n) is 4.01. The summed E-state index contributed by atoms with van der Waals surface area (Å²) in [6.45, 7) is 11.3. The molecule has 1 fully saturated rings. The van der Waals surface area contributed by atoms with E-state index < -0.39 is 0 Å². The normalized spacial score (nSPS) is 17.6. The summed E-state index contributed by atoms with van der Waals surface area (Å²) in [5, 5.41) is 3.40. The van der Waals surface area contributed by atoms with Crippen molar-refractivity contribution in [2.24, 2.45) is 5.92 Å². The highest BCUT2D eigenvalue weighted by Gasteiger charge is 2.20. The maximum Gasteiger partial charge on any atom is 0.129 e. The van der Waals surface area contributed by atoms with Gasteiger partial charge < -0.3 is 10.2 Å². The van der Waals surface area contributed by atoms with Crippen LogP contribution in [0.5, 0.6) is 0 Å². The molecule has 0 saturated carbocycles. The van der Waals surface area contributed by atoms with Crippen molar-refractivity contribution in [3.8, 4) is 0 Å². The van der Waals surface area contributed by atoms with Gasteiger partial charge >= 0.3 is 0 Å². The summed E-state index contributed by atoms with van der Waals surface area (Å²) >= 11 is 0. The molecular weight excluding hydrogens is 251 g/mol. The molecule has 20 heavy (non-hydrogen) atoms. The second-order valence-corrected chi connectivity index (χ2v) is 7.01. The first-order chi connectivity index (χ1) is 9.37. The lowest BCUT2D eigenvalue weighted by Gasteiger charge is -2.34. The molecule has 1 aromatic carbocycles. The van der Waals surface area contributed by atoms with Gasteiger partial charge in [-0.25, -0.2) is 4.39 Å². The number of rotatable bonds is 3. The molecule has 1 saturated heterocycles. The number of nitrogens with zero attached hydrogens (tertiary/aromatic N) is 1. The molecule has 0 bridgehead atoms. The van der Waals surface area contributed by atoms with Crippen LogP contribution in [0.3, 0.4) is 0 Å². The van der Waals surface area contributed by atoms with Gasteiger partial charge in [0.05, 0.1) is 0 Å². The lowest BCUT2D eigenvalue weighted by atomic mass is 9.97. The number of nitrogens with one attached hydrogen (secondary N) is 1. The Morgan fingerprint density at radius 3 is 2.50 bits per heavy atom. The Hall–Kier alpha value is -1.09. The van der Waals surface area contributed by atoms with Crippen LogP contribution in [-0.4, -0.2) is 18.6 Å². The van der Waals surface area contributed by atoms with E-state index in [1.807, 2.05) is 6.07 Å². The molecule has 1 N–H and O–H groups in total. The fourth-order valence-corrected chi connectivity index (χ4v) is 2.62. The van der Waals surface area contributed by atoms with Crippen LogP contribution in [0.1, 0.15) is 46.1 Å². The van der Waals surface area contributed by atoms with Gasteiger partial charge in [0.2, 0.25) is 0 Å². The molecule has 0 aromatic heterocycles. The van der Waals surface area contributed by atoms with E-state index in [0.717, 1.165) is 30.3 Å². The maximum atomic E-state index is 14.2. The zero-order valence-corrected chi connectivity index (χ0v) is 13.2. The van der Waals surface area contributed by atoms with Gasteiger partial charge in [0, 0.05) is 36.4 Å². The van der Waals surface area contributed by atoms with Gasteiger partial charge in [-0.1, -0.05) is 13.0 Å². The van der Waals surface area contributed by atoms with E-state index in [-0.39, 0.29) is 11.4 Å². The summed E-state index contributed by atoms with van der Waals surface area (Å²) in [5.41, 5.74) is 1.86. The average Bonchev–Trinajstić information content (AvgIpc) is 2.37. The van der Waals surface area contributed by atoms with Crippen molar-refractivity contribution in [1.82, 2.24) is 5.32 Å². The Balaban J connectivity index is 2.17. The van der Waals surface area contributed by atoms with Gasteiger partial charge in [0.25, 0.3) is 0 Å². The second-order valence-electron chi connectivity index (χ2n) is 7.01. The molecule has 0 spiro atoms. The van der Waals surface area contributed by atoms with Crippen molar-refractivity contribution in [1.29, 1.82) is 0 Å². The first-order valence-corrected chi connectivity index (χ1v) is 7.64. The number of piperidine rings is 1. The molecule has 1 aromatic rings. The van der Waals surface area contributed by atoms with E-state index in [0.29, 0.717) is 6.54 Å². The number of halogens is 1. The van der Waals surface area contributed by atoms with E-state index in [9.17, 15) is 4.39 Å². The average molecular weight is 278 g/mol. The van der Waals surface area contributed by atoms with Crippen LogP contribution in [-0.2, 0) is 6.54 Å². The third kappa shape index (κ3) is 3.95. The molecule has 0 aliphatic carbocycles. The SMILES string of the molecule is CC1CCN(c2cccc(F)c2CNC(C)(C)C)CC1. The minimum atomic E-state index is -0.0992. The fraction of sp³-hybridized carbons (Fsp3) is 0.647. The van der Waals surface area contributed by atoms with Crippen molar-refractivity contribution < 1.29 is 4.39 Å². The highest BCUT2D eigenvalue weighted by molar-refractivity contribution is 5.54. The first kappa shape index (κ1) is 15.3. The quantitative estimate of drug-likeness (QED) is 0.900. The van der Waals surface area contributed by atoms with Crippen molar-refractivity contribution in [2.45, 2.75) is 52.6 Å². The molecule has 1 aliphatic rings. The molecule has 0 radical (unpaired) electrons. The summed E-state index contributed by atoms with van der Waals surface area (Å²) in [6, 6.07) is 5.44. The lowest BCUT2D eigenvalue weighted by molar-refractivity contribution is 0.415. The zero-order chi connectivity index (χ0) is 14.8. The van der Waals surface area contributed by atoms with Crippen molar-refractivity contribution >= 4 is 5.69 Å². The minimum Gasteiger partial charge on any atom is -0.371 e. The molecule has 1 heterocycles. The molecule has 3 heteroatoms. The molecule has 0 unspecified atom stereocenters. The predicted molar refractivity (Wildman–Crippen MR) is 83.6 cm³/mol. The zero-order valence-electron chi connectivity index (χ0n) is 13.2. The standard InChI is InChI=1S/C17H27FN2/c1-13-8-10-20(11-9-13)16-7-5-6-15(18)14(16)12-19-17(2,3)4/h5-7,13,19H,8-12H2,1-4H3. The van der Waals surface area contributed by atoms with E-state index in [1.165, 1.54) is 12.8 Å². The molecular formula is C17H27FN2. The van der Waals surface area contributed by atoms with E-state index in [4.69, 9.17) is 0 Å². The van der Waals surface area contributed by atoms with Gasteiger partial charge in [0.15, 0.2) is 0 Å². The molecule has 2 nitrogen and oxygen atoms in total. The molecule has 0 atom stereocenters. The first-order valence-electron chi connectivity index (χ1n) is 7.64. The lowest BCUT2D eigenvalue weighted by Crippen LogP contribution is -2.37. The Morgan fingerprint density at radius 2 is 1.90 bits per heavy atom. The summed E-state index contributed by atoms with van der Waals surface area (Å²) in [7, 11) is 0. The summed E-state index contributed by atoms with van der Waals surface area (Å²) in [4.78, 5) is 2.34. The smallest absolute Gasteiger partial charge is 0.129 e. The third-order valence-corrected chi connectivity index (χ3v) is 4.01. The highest BCUT2D eigenvalue weighted by Crippen LogP contribution is 2.28. The summed E-state index contributed by atoms with van der Waals surface area (Å²) in [5.74, 6) is 0.689. The van der Waals surface area contributed by atoms with Gasteiger partial charge in [-0.05, 0) is 51.7 Å². The molecule has 112 valence electrons. The second kappa shape index (κ2) is 6.13. The van der Waals surface area contributed by atoms with E-state index in [2.05, 4.69) is 44.0 Å². The number of benzene rings is 1. The van der Waals surface area contributed by atoms with Gasteiger partial charge in [0.1, 0.15) is 5.82 Å². The van der Waals surface area contributed by atoms with Crippen LogP contribution in [0.2, 0.25) is 0 Å². The number of anilines is 1. The molecule has 1 aliphatic heterocycles. The van der Waals surface area contributed by atoms with Crippen molar-refractivity contribution in [3.05, 3.63) is 29.6 Å². The van der Waals surface area contributed by atoms with Crippen LogP contribution in [0.4, 0.5) is 10.1 Å². The number of hydrogen-bond acceptors (Lipinski definition) is 2. The number of hydrogen-bond donors (Lipinski definition) is 1. The maximum absolute atomic E-state index is 14.2. The topological polar surface area (TPSA) is 15.3 Å². The van der Waals surface area contributed by atoms with Gasteiger partial charge in [-0.2, -0.15) is 0 Å². The Labute approximate surface area is 122 Å². The Morgan fingerprint density at radius 1 is 1.25 bits per heavy atom. The summed E-state index contributed by atoms with van der Waals surface area (Å²) < 4.78 is 14.2. The molecule has 0 amide bonds. The molecule has 2 rings (SSSR count). The van der Waals surface area contributed by atoms with Gasteiger partial charge in [-0.3, -0.25) is 0 Å². The van der Waals surface area contributed by atoms with Crippen LogP contribution < -0.4 is 10.2 Å². The Kier molecular flexibility index (Phi) is 4.69. The summed E-state index contributed by atoms with van der Waals surface area (Å²) in [6.07, 6.45) is 2.39. The van der Waals surface area contributed by atoms with Crippen LogP contribution >= 0.6 is 0 Å². The van der Waals surface area contributed by atoms with Crippen LogP contribution in [0, 0.1) is 11.7 Å². The van der Waals surface area contributed by atoms with Crippen molar-refractivity contribution in [3.63, 3.8) is 0 Å². The van der Waals surface area contributed by atoms with Gasteiger partial charge in [-0.15, -0.1) is 0 Å². The minimum absolute atomic E-state index is 0.00400. The van der Waals surface area contributed by atoms with Crippen molar-refractivity contribution in [2.75, 3.05) is 18.0 Å². The fourth-order valence-electron chi connectivity index (χ4n) is 2.62. The van der Waals surface area contributed by atoms with E-state index in [1.54, 1.807) is 6.07 Å². The Bertz CT molecular complexity index is 443. The largest absolute Gasteiger partial charge is 0.371 e. The van der Waals surface area contributed by atoms with Crippen LogP contribution in [0.15, 0.2) is 18.2 Å². The highest BCUT2D eigenvalue weighted by atomic mass is 19.1. The van der Waals surface area contributed by atoms with Crippen LogP contribution in [0.25, 0.3) is 0 Å². The van der Waals surface area contributed by atoms with E-state index >= 15 is 0 Å².